The first-order valence-corrected chi connectivity index (χ1v) is 11.9. The van der Waals surface area contributed by atoms with Gasteiger partial charge >= 0.3 is 0 Å². The Hall–Kier alpha value is -2.47. The van der Waals surface area contributed by atoms with Gasteiger partial charge in [-0.3, -0.25) is 9.36 Å². The van der Waals surface area contributed by atoms with E-state index in [1.807, 2.05) is 4.57 Å². The predicted octanol–water partition coefficient (Wildman–Crippen LogP) is 4.79. The van der Waals surface area contributed by atoms with Gasteiger partial charge in [-0.05, 0) is 37.8 Å². The molecular formula is C21H22Cl3F2N7O2. The summed E-state index contributed by atoms with van der Waals surface area (Å²) in [5.41, 5.74) is 6.66. The van der Waals surface area contributed by atoms with Crippen LogP contribution in [-0.4, -0.2) is 49.6 Å². The number of primary amides is 1. The quantitative estimate of drug-likeness (QED) is 0.318. The second-order valence-corrected chi connectivity index (χ2v) is 9.60. The predicted molar refractivity (Wildman–Crippen MR) is 131 cm³/mol. The van der Waals surface area contributed by atoms with Crippen LogP contribution in [0.15, 0.2) is 18.3 Å². The van der Waals surface area contributed by atoms with E-state index in [-0.39, 0.29) is 33.9 Å². The molecule has 0 atom stereocenters. The molecule has 1 fully saturated rings. The number of carbonyl (C=O) groups is 1. The summed E-state index contributed by atoms with van der Waals surface area (Å²) in [6.07, 6.45) is 3.81. The number of fused-ring (bicyclic) bond motifs is 1. The topological polar surface area (TPSA) is 131 Å². The van der Waals surface area contributed by atoms with E-state index in [0.29, 0.717) is 53.5 Å². The van der Waals surface area contributed by atoms with Crippen molar-refractivity contribution in [3.63, 3.8) is 0 Å². The zero-order valence-electron chi connectivity index (χ0n) is 18.2. The summed E-state index contributed by atoms with van der Waals surface area (Å²) < 4.78 is 28.8. The molecule has 35 heavy (non-hydrogen) atoms. The summed E-state index contributed by atoms with van der Waals surface area (Å²) >= 11 is 18.7. The maximum absolute atomic E-state index is 13.5. The first-order chi connectivity index (χ1) is 16.6. The lowest BCUT2D eigenvalue weighted by molar-refractivity contribution is -0.122. The highest BCUT2D eigenvalue weighted by Gasteiger charge is 2.30. The molecule has 2 heterocycles. The Balaban J connectivity index is 1.74. The molecule has 1 aromatic carbocycles. The van der Waals surface area contributed by atoms with Gasteiger partial charge in [0.25, 0.3) is 5.92 Å². The van der Waals surface area contributed by atoms with Crippen LogP contribution in [0, 0.1) is 5.92 Å². The second-order valence-electron chi connectivity index (χ2n) is 8.35. The zero-order valence-corrected chi connectivity index (χ0v) is 20.5. The van der Waals surface area contributed by atoms with Crippen molar-refractivity contribution in [2.45, 2.75) is 37.6 Å². The van der Waals surface area contributed by atoms with Crippen LogP contribution in [0.1, 0.15) is 31.7 Å². The number of aliphatic hydroxyl groups is 1. The minimum atomic E-state index is -3.33. The molecule has 0 spiro atoms. The molecule has 9 nitrogen and oxygen atoms in total. The van der Waals surface area contributed by atoms with E-state index in [1.165, 1.54) is 18.3 Å². The molecule has 2 aromatic heterocycles. The Bertz CT molecular complexity index is 1230. The summed E-state index contributed by atoms with van der Waals surface area (Å²) in [5.74, 6) is -3.58. The number of carbonyl (C=O) groups excluding carboxylic acids is 1. The van der Waals surface area contributed by atoms with Crippen molar-refractivity contribution in [2.75, 3.05) is 23.8 Å². The Kier molecular flexibility index (Phi) is 7.51. The monoisotopic (exact) mass is 547 g/mol. The number of aromatic nitrogens is 4. The molecule has 0 aliphatic heterocycles. The first kappa shape index (κ1) is 25.6. The molecule has 0 bridgehead atoms. The summed E-state index contributed by atoms with van der Waals surface area (Å²) in [6.45, 7) is -2.14. The average molecular weight is 549 g/mol. The maximum Gasteiger partial charge on any atom is 0.287 e. The van der Waals surface area contributed by atoms with Gasteiger partial charge in [0.05, 0.1) is 28.5 Å². The highest BCUT2D eigenvalue weighted by molar-refractivity contribution is 6.41. The lowest BCUT2D eigenvalue weighted by Gasteiger charge is -2.29. The lowest BCUT2D eigenvalue weighted by Crippen LogP contribution is -2.31. The van der Waals surface area contributed by atoms with Crippen molar-refractivity contribution in [3.8, 4) is 0 Å². The van der Waals surface area contributed by atoms with Crippen molar-refractivity contribution < 1.29 is 18.7 Å². The summed E-state index contributed by atoms with van der Waals surface area (Å²) in [7, 11) is 0. The standard InChI is InChI=1S/C21H22Cl3F2N7O2/c22-11-5-13(23)16(14(24)6-11)31-20-30-15-7-28-19(29-8-21(25,26)9-34)32-18(15)33(20)12-3-1-10(2-4-12)17(27)35/h5-7,10,12,34H,1-4,8-9H2,(H2,27,35)(H,30,31)(H,28,29,32)/t10-,12+. The van der Waals surface area contributed by atoms with Crippen molar-refractivity contribution >= 4 is 69.5 Å². The number of imidazole rings is 1. The van der Waals surface area contributed by atoms with Gasteiger partial charge in [0.15, 0.2) is 5.65 Å². The molecule has 188 valence electrons. The van der Waals surface area contributed by atoms with Crippen LogP contribution >= 0.6 is 34.8 Å². The Morgan fingerprint density at radius 2 is 1.83 bits per heavy atom. The number of alkyl halides is 2. The van der Waals surface area contributed by atoms with E-state index < -0.39 is 19.1 Å². The number of hydrogen-bond donors (Lipinski definition) is 4. The van der Waals surface area contributed by atoms with E-state index >= 15 is 0 Å². The fourth-order valence-electron chi connectivity index (χ4n) is 4.07. The third-order valence-corrected chi connectivity index (χ3v) is 6.69. The third-order valence-electron chi connectivity index (χ3n) is 5.88. The van der Waals surface area contributed by atoms with Crippen LogP contribution in [0.4, 0.5) is 26.4 Å². The Morgan fingerprint density at radius 3 is 2.43 bits per heavy atom. The summed E-state index contributed by atoms with van der Waals surface area (Å²) in [4.78, 5) is 24.7. The summed E-state index contributed by atoms with van der Waals surface area (Å²) in [6, 6.07) is 2.95. The van der Waals surface area contributed by atoms with Crippen LogP contribution in [0.2, 0.25) is 15.1 Å². The molecule has 3 aromatic rings. The minimum absolute atomic E-state index is 0.0493. The van der Waals surface area contributed by atoms with Gasteiger partial charge in [0, 0.05) is 17.0 Å². The van der Waals surface area contributed by atoms with Gasteiger partial charge in [-0.15, -0.1) is 0 Å². The number of rotatable bonds is 8. The molecule has 1 amide bonds. The number of aliphatic hydroxyl groups excluding tert-OH is 1. The van der Waals surface area contributed by atoms with E-state index in [9.17, 15) is 13.6 Å². The Labute approximate surface area is 214 Å². The number of benzene rings is 1. The lowest BCUT2D eigenvalue weighted by atomic mass is 9.85. The summed E-state index contributed by atoms with van der Waals surface area (Å²) in [5, 5.41) is 15.3. The number of halogens is 5. The highest BCUT2D eigenvalue weighted by atomic mass is 35.5. The van der Waals surface area contributed by atoms with E-state index in [1.54, 1.807) is 0 Å². The molecule has 1 aliphatic carbocycles. The van der Waals surface area contributed by atoms with Crippen molar-refractivity contribution in [1.82, 2.24) is 19.5 Å². The van der Waals surface area contributed by atoms with Crippen molar-refractivity contribution in [1.29, 1.82) is 0 Å². The van der Waals surface area contributed by atoms with Gasteiger partial charge in [-0.25, -0.2) is 18.7 Å². The minimum Gasteiger partial charge on any atom is -0.390 e. The van der Waals surface area contributed by atoms with Crippen LogP contribution < -0.4 is 16.4 Å². The maximum atomic E-state index is 13.5. The molecule has 1 saturated carbocycles. The number of amides is 1. The van der Waals surface area contributed by atoms with Crippen molar-refractivity contribution in [3.05, 3.63) is 33.4 Å². The molecular weight excluding hydrogens is 527 g/mol. The molecule has 0 unspecified atom stereocenters. The molecule has 1 aliphatic rings. The molecule has 5 N–H and O–H groups in total. The van der Waals surface area contributed by atoms with Gasteiger partial charge in [-0.1, -0.05) is 34.8 Å². The fraction of sp³-hybridized carbons (Fsp3) is 0.429. The fourth-order valence-corrected chi connectivity index (χ4v) is 4.98. The third kappa shape index (κ3) is 5.69. The van der Waals surface area contributed by atoms with Gasteiger partial charge in [-0.2, -0.15) is 4.98 Å². The Morgan fingerprint density at radius 1 is 1.17 bits per heavy atom. The van der Waals surface area contributed by atoms with E-state index in [2.05, 4.69) is 25.6 Å². The highest BCUT2D eigenvalue weighted by Crippen LogP contribution is 2.40. The van der Waals surface area contributed by atoms with Gasteiger partial charge < -0.3 is 21.5 Å². The number of nitrogens with one attached hydrogen (secondary N) is 2. The number of nitrogens with two attached hydrogens (primary N) is 1. The van der Waals surface area contributed by atoms with Crippen LogP contribution in [0.5, 0.6) is 0 Å². The first-order valence-electron chi connectivity index (χ1n) is 10.8. The number of nitrogens with zero attached hydrogens (tertiary/aromatic N) is 4. The van der Waals surface area contributed by atoms with Gasteiger partial charge in [0.2, 0.25) is 17.8 Å². The molecule has 14 heteroatoms. The number of anilines is 3. The van der Waals surface area contributed by atoms with E-state index in [0.717, 1.165) is 0 Å². The molecule has 0 saturated heterocycles. The zero-order chi connectivity index (χ0) is 25.3. The van der Waals surface area contributed by atoms with Gasteiger partial charge in [0.1, 0.15) is 12.1 Å². The van der Waals surface area contributed by atoms with E-state index in [4.69, 9.17) is 45.6 Å². The largest absolute Gasteiger partial charge is 0.390 e. The van der Waals surface area contributed by atoms with Crippen LogP contribution in [-0.2, 0) is 4.79 Å². The smallest absolute Gasteiger partial charge is 0.287 e. The van der Waals surface area contributed by atoms with Crippen molar-refractivity contribution in [2.24, 2.45) is 11.7 Å². The van der Waals surface area contributed by atoms with Crippen LogP contribution in [0.25, 0.3) is 11.2 Å². The number of hydrogen-bond acceptors (Lipinski definition) is 7. The molecule has 0 radical (unpaired) electrons. The SMILES string of the molecule is NC(=O)[C@H]1CC[C@@H](n2c(Nc3c(Cl)cc(Cl)cc3Cl)nc3cnc(NCC(F)(F)CO)nc32)CC1. The second kappa shape index (κ2) is 10.3. The average Bonchev–Trinajstić information content (AvgIpc) is 3.17. The van der Waals surface area contributed by atoms with Crippen LogP contribution in [0.3, 0.4) is 0 Å². The molecule has 4 rings (SSSR count). The normalized spacial score (nSPS) is 18.6.